The van der Waals surface area contributed by atoms with Gasteiger partial charge in [0, 0.05) is 17.0 Å². The van der Waals surface area contributed by atoms with Crippen molar-refractivity contribution < 1.29 is 9.90 Å². The van der Waals surface area contributed by atoms with E-state index in [9.17, 15) is 9.90 Å². The van der Waals surface area contributed by atoms with Gasteiger partial charge in [-0.25, -0.2) is 4.98 Å². The number of hydrogen-bond donors (Lipinski definition) is 2. The van der Waals surface area contributed by atoms with Gasteiger partial charge in [-0.3, -0.25) is 4.79 Å². The van der Waals surface area contributed by atoms with Crippen molar-refractivity contribution in [3.63, 3.8) is 0 Å². The highest BCUT2D eigenvalue weighted by Crippen LogP contribution is 2.23. The molecule has 2 aromatic heterocycles. The molecule has 1 amide bonds. The largest absolute Gasteiger partial charge is 0.386 e. The fourth-order valence-corrected chi connectivity index (χ4v) is 3.74. The number of carbonyl (C=O) groups excluding carboxylic acids is 1. The van der Waals surface area contributed by atoms with E-state index in [4.69, 9.17) is 0 Å². The first-order valence-electron chi connectivity index (χ1n) is 6.48. The second-order valence-corrected chi connectivity index (χ2v) is 6.56. The number of thiophene rings is 1. The van der Waals surface area contributed by atoms with E-state index in [0.29, 0.717) is 5.56 Å². The van der Waals surface area contributed by atoms with Crippen LogP contribution in [-0.2, 0) is 0 Å². The van der Waals surface area contributed by atoms with E-state index in [1.165, 1.54) is 22.7 Å². The summed E-state index contributed by atoms with van der Waals surface area (Å²) in [6, 6.07) is 7.37. The van der Waals surface area contributed by atoms with Crippen LogP contribution in [0.25, 0.3) is 10.2 Å². The number of aliphatic hydroxyl groups excluding tert-OH is 1. The standard InChI is InChI=1S/C15H14N2O2S2/c1-9-4-5-20-14(9)12(18)7-16-15(19)10-2-3-11-13(6-10)21-8-17-11/h2-6,8,12,18H,7H2,1H3,(H,16,19). The van der Waals surface area contributed by atoms with Gasteiger partial charge < -0.3 is 10.4 Å². The van der Waals surface area contributed by atoms with E-state index in [1.54, 1.807) is 11.6 Å². The summed E-state index contributed by atoms with van der Waals surface area (Å²) >= 11 is 3.00. The monoisotopic (exact) mass is 318 g/mol. The third-order valence-corrected chi connectivity index (χ3v) is 5.17. The van der Waals surface area contributed by atoms with E-state index in [0.717, 1.165) is 20.7 Å². The van der Waals surface area contributed by atoms with E-state index in [1.807, 2.05) is 30.5 Å². The van der Waals surface area contributed by atoms with Crippen LogP contribution in [0.5, 0.6) is 0 Å². The Morgan fingerprint density at radius 1 is 1.38 bits per heavy atom. The molecule has 3 aromatic rings. The molecule has 1 aromatic carbocycles. The number of carbonyl (C=O) groups is 1. The predicted molar refractivity (Wildman–Crippen MR) is 86.0 cm³/mol. The molecule has 1 atom stereocenters. The lowest BCUT2D eigenvalue weighted by Gasteiger charge is -2.11. The van der Waals surface area contributed by atoms with Crippen LogP contribution in [0.4, 0.5) is 0 Å². The molecule has 0 bridgehead atoms. The highest BCUT2D eigenvalue weighted by Gasteiger charge is 2.14. The van der Waals surface area contributed by atoms with E-state index < -0.39 is 6.10 Å². The molecule has 3 rings (SSSR count). The lowest BCUT2D eigenvalue weighted by atomic mass is 10.2. The summed E-state index contributed by atoms with van der Waals surface area (Å²) in [5.41, 5.74) is 4.29. The number of amides is 1. The Morgan fingerprint density at radius 3 is 3.00 bits per heavy atom. The molecule has 4 nitrogen and oxygen atoms in total. The second-order valence-electron chi connectivity index (χ2n) is 4.73. The summed E-state index contributed by atoms with van der Waals surface area (Å²) in [4.78, 5) is 17.2. The van der Waals surface area contributed by atoms with Crippen molar-refractivity contribution in [3.05, 3.63) is 51.2 Å². The van der Waals surface area contributed by atoms with Crippen LogP contribution >= 0.6 is 22.7 Å². The summed E-state index contributed by atoms with van der Waals surface area (Å²) in [6.45, 7) is 2.16. The van der Waals surface area contributed by atoms with Gasteiger partial charge in [-0.15, -0.1) is 22.7 Å². The maximum absolute atomic E-state index is 12.1. The van der Waals surface area contributed by atoms with Gasteiger partial charge in [0.2, 0.25) is 0 Å². The van der Waals surface area contributed by atoms with Gasteiger partial charge in [-0.05, 0) is 42.1 Å². The molecule has 108 valence electrons. The highest BCUT2D eigenvalue weighted by atomic mass is 32.1. The van der Waals surface area contributed by atoms with Crippen molar-refractivity contribution in [2.45, 2.75) is 13.0 Å². The minimum atomic E-state index is -0.666. The summed E-state index contributed by atoms with van der Waals surface area (Å²) in [5, 5.41) is 14.8. The normalized spacial score (nSPS) is 12.5. The fraction of sp³-hybridized carbons (Fsp3) is 0.200. The summed E-state index contributed by atoms with van der Waals surface area (Å²) < 4.78 is 0.984. The van der Waals surface area contributed by atoms with Crippen LogP contribution in [0.15, 0.2) is 35.2 Å². The molecular formula is C15H14N2O2S2. The zero-order valence-corrected chi connectivity index (χ0v) is 13.0. The summed E-state index contributed by atoms with van der Waals surface area (Å²) in [7, 11) is 0. The average Bonchev–Trinajstić information content (AvgIpc) is 3.11. The number of aromatic nitrogens is 1. The molecule has 6 heteroatoms. The molecule has 0 aliphatic carbocycles. The van der Waals surface area contributed by atoms with Gasteiger partial charge in [0.05, 0.1) is 15.7 Å². The maximum Gasteiger partial charge on any atom is 0.251 e. The van der Waals surface area contributed by atoms with Crippen molar-refractivity contribution in [3.8, 4) is 0 Å². The Bertz CT molecular complexity index is 779. The van der Waals surface area contributed by atoms with Crippen molar-refractivity contribution >= 4 is 38.8 Å². The van der Waals surface area contributed by atoms with Gasteiger partial charge in [0.1, 0.15) is 6.10 Å². The zero-order valence-electron chi connectivity index (χ0n) is 11.4. The summed E-state index contributed by atoms with van der Waals surface area (Å²) in [6.07, 6.45) is -0.666. The number of benzene rings is 1. The van der Waals surface area contributed by atoms with Gasteiger partial charge >= 0.3 is 0 Å². The molecule has 21 heavy (non-hydrogen) atoms. The molecule has 0 saturated carbocycles. The molecule has 2 N–H and O–H groups in total. The average molecular weight is 318 g/mol. The van der Waals surface area contributed by atoms with Gasteiger partial charge in [0.15, 0.2) is 0 Å². The van der Waals surface area contributed by atoms with Crippen molar-refractivity contribution in [1.29, 1.82) is 0 Å². The Labute approximate surface area is 130 Å². The lowest BCUT2D eigenvalue weighted by molar-refractivity contribution is 0.0918. The first kappa shape index (κ1) is 14.2. The smallest absolute Gasteiger partial charge is 0.251 e. The van der Waals surface area contributed by atoms with Crippen molar-refractivity contribution in [2.24, 2.45) is 0 Å². The summed E-state index contributed by atoms with van der Waals surface area (Å²) in [5.74, 6) is -0.182. The Balaban J connectivity index is 1.67. The predicted octanol–water partition coefficient (Wildman–Crippen LogP) is 3.13. The van der Waals surface area contributed by atoms with Crippen LogP contribution in [0.1, 0.15) is 26.9 Å². The fourth-order valence-electron chi connectivity index (χ4n) is 2.11. The molecule has 1 unspecified atom stereocenters. The van der Waals surface area contributed by atoms with Gasteiger partial charge in [-0.2, -0.15) is 0 Å². The molecule has 0 aliphatic rings. The Hall–Kier alpha value is -1.76. The topological polar surface area (TPSA) is 62.2 Å². The van der Waals surface area contributed by atoms with Crippen molar-refractivity contribution in [2.75, 3.05) is 6.54 Å². The van der Waals surface area contributed by atoms with Crippen LogP contribution in [0.2, 0.25) is 0 Å². The number of thiazole rings is 1. The number of nitrogens with one attached hydrogen (secondary N) is 1. The van der Waals surface area contributed by atoms with Crippen LogP contribution in [0.3, 0.4) is 0 Å². The highest BCUT2D eigenvalue weighted by molar-refractivity contribution is 7.16. The van der Waals surface area contributed by atoms with Crippen molar-refractivity contribution in [1.82, 2.24) is 10.3 Å². The number of fused-ring (bicyclic) bond motifs is 1. The molecular weight excluding hydrogens is 304 g/mol. The van der Waals surface area contributed by atoms with E-state index >= 15 is 0 Å². The molecule has 0 spiro atoms. The van der Waals surface area contributed by atoms with Gasteiger partial charge in [0.25, 0.3) is 5.91 Å². The molecule has 0 radical (unpaired) electrons. The minimum Gasteiger partial charge on any atom is -0.386 e. The van der Waals surface area contributed by atoms with Crippen LogP contribution in [-0.4, -0.2) is 22.5 Å². The van der Waals surface area contributed by atoms with Gasteiger partial charge in [-0.1, -0.05) is 0 Å². The van der Waals surface area contributed by atoms with E-state index in [-0.39, 0.29) is 12.5 Å². The Morgan fingerprint density at radius 2 is 2.24 bits per heavy atom. The number of rotatable bonds is 4. The number of nitrogens with zero attached hydrogens (tertiary/aromatic N) is 1. The maximum atomic E-state index is 12.1. The minimum absolute atomic E-state index is 0.182. The number of aliphatic hydroxyl groups is 1. The van der Waals surface area contributed by atoms with E-state index in [2.05, 4.69) is 10.3 Å². The number of hydrogen-bond acceptors (Lipinski definition) is 5. The molecule has 0 fully saturated rings. The van der Waals surface area contributed by atoms with Crippen LogP contribution in [0, 0.1) is 6.92 Å². The number of aryl methyl sites for hydroxylation is 1. The second kappa shape index (κ2) is 5.93. The first-order valence-corrected chi connectivity index (χ1v) is 8.24. The quantitative estimate of drug-likeness (QED) is 0.777. The lowest BCUT2D eigenvalue weighted by Crippen LogP contribution is -2.28. The molecule has 0 saturated heterocycles. The third kappa shape index (κ3) is 2.97. The van der Waals surface area contributed by atoms with Crippen LogP contribution < -0.4 is 5.32 Å². The first-order chi connectivity index (χ1) is 10.1. The SMILES string of the molecule is Cc1ccsc1C(O)CNC(=O)c1ccc2ncsc2c1. The third-order valence-electron chi connectivity index (χ3n) is 3.25. The Kier molecular flexibility index (Phi) is 4.01. The molecule has 0 aliphatic heterocycles. The molecule has 2 heterocycles. The zero-order chi connectivity index (χ0) is 14.8.